The molecular weight excluding hydrogens is 375 g/mol. The van der Waals surface area contributed by atoms with Gasteiger partial charge in [-0.05, 0) is 25.1 Å². The topological polar surface area (TPSA) is 64.4 Å². The van der Waals surface area contributed by atoms with Crippen molar-refractivity contribution in [3.63, 3.8) is 0 Å². The fourth-order valence-electron chi connectivity index (χ4n) is 2.22. The summed E-state index contributed by atoms with van der Waals surface area (Å²) in [6, 6.07) is 14.5. The number of amides is 1. The van der Waals surface area contributed by atoms with E-state index in [1.54, 1.807) is 24.3 Å². The van der Waals surface area contributed by atoms with Gasteiger partial charge in [0.25, 0.3) is 5.91 Å². The molecule has 26 heavy (non-hydrogen) atoms. The molecule has 0 aliphatic carbocycles. The van der Waals surface area contributed by atoms with Gasteiger partial charge in [0, 0.05) is 16.7 Å². The van der Waals surface area contributed by atoms with Crippen LogP contribution in [0, 0.1) is 6.92 Å². The van der Waals surface area contributed by atoms with Crippen molar-refractivity contribution >= 4 is 29.1 Å². The van der Waals surface area contributed by atoms with Crippen LogP contribution in [0.3, 0.4) is 0 Å². The molecule has 0 bridgehead atoms. The Kier molecular flexibility index (Phi) is 5.81. The lowest BCUT2D eigenvalue weighted by atomic mass is 10.1. The molecule has 7 heteroatoms. The van der Waals surface area contributed by atoms with Crippen LogP contribution in [0.1, 0.15) is 11.3 Å². The minimum absolute atomic E-state index is 0.163. The minimum Gasteiger partial charge on any atom is -0.482 e. The van der Waals surface area contributed by atoms with Gasteiger partial charge in [-0.2, -0.15) is 0 Å². The van der Waals surface area contributed by atoms with Gasteiger partial charge < -0.3 is 14.6 Å². The Hall–Kier alpha value is -2.50. The fraction of sp³-hybridized carbons (Fsp3) is 0.158. The van der Waals surface area contributed by atoms with Crippen LogP contribution >= 0.6 is 23.2 Å². The Bertz CT molecular complexity index is 907. The molecule has 1 amide bonds. The third-order valence-electron chi connectivity index (χ3n) is 3.61. The summed E-state index contributed by atoms with van der Waals surface area (Å²) in [6.07, 6.45) is 0. The van der Waals surface area contributed by atoms with E-state index in [-0.39, 0.29) is 19.1 Å². The van der Waals surface area contributed by atoms with Crippen molar-refractivity contribution in [1.82, 2.24) is 10.5 Å². The van der Waals surface area contributed by atoms with Gasteiger partial charge in [0.2, 0.25) is 0 Å². The van der Waals surface area contributed by atoms with Gasteiger partial charge in [-0.25, -0.2) is 0 Å². The monoisotopic (exact) mass is 390 g/mol. The number of aromatic nitrogens is 1. The number of hydrogen-bond acceptors (Lipinski definition) is 4. The van der Waals surface area contributed by atoms with Crippen molar-refractivity contribution in [2.75, 3.05) is 6.61 Å². The SMILES string of the molecule is Cc1ccc(-c2cc(CNC(=O)COc3ccc(Cl)cc3Cl)no2)cc1. The molecular formula is C19H16Cl2N2O3. The summed E-state index contributed by atoms with van der Waals surface area (Å²) in [5.74, 6) is 0.753. The van der Waals surface area contributed by atoms with E-state index in [2.05, 4.69) is 10.5 Å². The van der Waals surface area contributed by atoms with Gasteiger partial charge >= 0.3 is 0 Å². The lowest BCUT2D eigenvalue weighted by molar-refractivity contribution is -0.123. The first-order chi connectivity index (χ1) is 12.5. The molecule has 0 aliphatic heterocycles. The average Bonchev–Trinajstić information content (AvgIpc) is 3.09. The maximum absolute atomic E-state index is 11.9. The summed E-state index contributed by atoms with van der Waals surface area (Å²) in [4.78, 5) is 11.9. The highest BCUT2D eigenvalue weighted by molar-refractivity contribution is 6.35. The van der Waals surface area contributed by atoms with Gasteiger partial charge in [-0.1, -0.05) is 58.2 Å². The molecule has 0 saturated heterocycles. The molecule has 0 aliphatic rings. The molecule has 0 saturated carbocycles. The van der Waals surface area contributed by atoms with E-state index in [1.165, 1.54) is 5.56 Å². The molecule has 1 heterocycles. The third-order valence-corrected chi connectivity index (χ3v) is 4.14. The van der Waals surface area contributed by atoms with Crippen molar-refractivity contribution < 1.29 is 14.1 Å². The third kappa shape index (κ3) is 4.77. The summed E-state index contributed by atoms with van der Waals surface area (Å²) < 4.78 is 10.7. The van der Waals surface area contributed by atoms with Gasteiger partial charge in [-0.3, -0.25) is 4.79 Å². The van der Waals surface area contributed by atoms with E-state index in [0.29, 0.717) is 27.2 Å². The molecule has 5 nitrogen and oxygen atoms in total. The molecule has 134 valence electrons. The maximum Gasteiger partial charge on any atom is 0.258 e. The maximum atomic E-state index is 11.9. The summed E-state index contributed by atoms with van der Waals surface area (Å²) in [7, 11) is 0. The number of ether oxygens (including phenoxy) is 1. The van der Waals surface area contributed by atoms with Crippen LogP contribution in [0.2, 0.25) is 10.0 Å². The lowest BCUT2D eigenvalue weighted by Crippen LogP contribution is -2.28. The van der Waals surface area contributed by atoms with Gasteiger partial charge in [-0.15, -0.1) is 0 Å². The highest BCUT2D eigenvalue weighted by atomic mass is 35.5. The Morgan fingerprint density at radius 2 is 1.92 bits per heavy atom. The van der Waals surface area contributed by atoms with Crippen LogP contribution in [0.15, 0.2) is 53.1 Å². The smallest absolute Gasteiger partial charge is 0.258 e. The second kappa shape index (κ2) is 8.25. The van der Waals surface area contributed by atoms with Crippen LogP contribution in [0.25, 0.3) is 11.3 Å². The van der Waals surface area contributed by atoms with E-state index in [9.17, 15) is 4.79 Å². The number of carbonyl (C=O) groups is 1. The molecule has 3 rings (SSSR count). The van der Waals surface area contributed by atoms with Crippen LogP contribution < -0.4 is 10.1 Å². The molecule has 1 N–H and O–H groups in total. The zero-order valence-corrected chi connectivity index (χ0v) is 15.5. The largest absolute Gasteiger partial charge is 0.482 e. The number of hydrogen-bond donors (Lipinski definition) is 1. The van der Waals surface area contributed by atoms with E-state index in [4.69, 9.17) is 32.5 Å². The predicted molar refractivity (Wildman–Crippen MR) is 100 cm³/mol. The Morgan fingerprint density at radius 3 is 2.65 bits per heavy atom. The summed E-state index contributed by atoms with van der Waals surface area (Å²) >= 11 is 11.8. The average molecular weight is 391 g/mol. The molecule has 0 fully saturated rings. The first-order valence-electron chi connectivity index (χ1n) is 7.88. The zero-order valence-electron chi connectivity index (χ0n) is 14.0. The van der Waals surface area contributed by atoms with E-state index >= 15 is 0 Å². The zero-order chi connectivity index (χ0) is 18.5. The first kappa shape index (κ1) is 18.3. The van der Waals surface area contributed by atoms with E-state index < -0.39 is 0 Å². The quantitative estimate of drug-likeness (QED) is 0.664. The second-order valence-corrected chi connectivity index (χ2v) is 6.53. The lowest BCUT2D eigenvalue weighted by Gasteiger charge is -2.08. The van der Waals surface area contributed by atoms with Gasteiger partial charge in [0.05, 0.1) is 11.6 Å². The Labute approximate surface area is 160 Å². The summed E-state index contributed by atoms with van der Waals surface area (Å²) in [5, 5.41) is 7.53. The van der Waals surface area contributed by atoms with Gasteiger partial charge in [0.15, 0.2) is 12.4 Å². The van der Waals surface area contributed by atoms with Crippen LogP contribution in [0.5, 0.6) is 5.75 Å². The molecule has 0 spiro atoms. The van der Waals surface area contributed by atoms with E-state index in [1.807, 2.05) is 31.2 Å². The van der Waals surface area contributed by atoms with Crippen LogP contribution in [-0.2, 0) is 11.3 Å². The normalized spacial score (nSPS) is 10.6. The number of carbonyl (C=O) groups excluding carboxylic acids is 1. The number of benzene rings is 2. The summed E-state index contributed by atoms with van der Waals surface area (Å²) in [5.41, 5.74) is 2.72. The number of halogens is 2. The highest BCUT2D eigenvalue weighted by Gasteiger charge is 2.10. The molecule has 1 aromatic heterocycles. The van der Waals surface area contributed by atoms with Crippen molar-refractivity contribution in [1.29, 1.82) is 0 Å². The van der Waals surface area contributed by atoms with Crippen molar-refractivity contribution in [2.45, 2.75) is 13.5 Å². The summed E-state index contributed by atoms with van der Waals surface area (Å²) in [6.45, 7) is 2.10. The standard InChI is InChI=1S/C19H16Cl2N2O3/c1-12-2-4-13(5-3-12)18-9-15(23-26-18)10-22-19(24)11-25-17-7-6-14(20)8-16(17)21/h2-9H,10-11H2,1H3,(H,22,24). The number of nitrogens with one attached hydrogen (secondary N) is 1. The predicted octanol–water partition coefficient (Wildman–Crippen LogP) is 4.65. The molecule has 0 radical (unpaired) electrons. The van der Waals surface area contributed by atoms with Crippen molar-refractivity contribution in [2.24, 2.45) is 0 Å². The molecule has 3 aromatic rings. The highest BCUT2D eigenvalue weighted by Crippen LogP contribution is 2.27. The van der Waals surface area contributed by atoms with Crippen LogP contribution in [0.4, 0.5) is 0 Å². The van der Waals surface area contributed by atoms with E-state index in [0.717, 1.165) is 5.56 Å². The molecule has 0 unspecified atom stereocenters. The number of rotatable bonds is 6. The molecule has 2 aromatic carbocycles. The second-order valence-electron chi connectivity index (χ2n) is 5.69. The van der Waals surface area contributed by atoms with Crippen molar-refractivity contribution in [3.05, 3.63) is 69.8 Å². The van der Waals surface area contributed by atoms with Crippen LogP contribution in [-0.4, -0.2) is 17.7 Å². The minimum atomic E-state index is -0.295. The number of aryl methyl sites for hydroxylation is 1. The molecule has 0 atom stereocenters. The first-order valence-corrected chi connectivity index (χ1v) is 8.64. The van der Waals surface area contributed by atoms with Gasteiger partial charge in [0.1, 0.15) is 11.4 Å². The van der Waals surface area contributed by atoms with Crippen molar-refractivity contribution in [3.8, 4) is 17.1 Å². The Balaban J connectivity index is 1.51. The number of nitrogens with zero attached hydrogens (tertiary/aromatic N) is 1. The fourth-order valence-corrected chi connectivity index (χ4v) is 2.69. The Morgan fingerprint density at radius 1 is 1.15 bits per heavy atom.